The van der Waals surface area contributed by atoms with Gasteiger partial charge < -0.3 is 19.7 Å². The zero-order valence-corrected chi connectivity index (χ0v) is 26.1. The smallest absolute Gasteiger partial charge is 0.391 e. The number of thiazole rings is 1. The predicted molar refractivity (Wildman–Crippen MR) is 157 cm³/mol. The average molecular weight is 685 g/mol. The van der Waals surface area contributed by atoms with Crippen LogP contribution in [-0.4, -0.2) is 71.3 Å². The van der Waals surface area contributed by atoms with Crippen LogP contribution < -0.4 is 0 Å². The van der Waals surface area contributed by atoms with Crippen LogP contribution in [0.3, 0.4) is 0 Å². The number of hydrogen-bond acceptors (Lipinski definition) is 9. The van der Waals surface area contributed by atoms with E-state index in [1.54, 1.807) is 6.92 Å². The number of benzene rings is 2. The first-order valence-electron chi connectivity index (χ1n) is 13.8. The van der Waals surface area contributed by atoms with Gasteiger partial charge in [0.15, 0.2) is 17.5 Å². The Hall–Kier alpha value is -3.54. The van der Waals surface area contributed by atoms with Crippen molar-refractivity contribution >= 4 is 33.2 Å². The molecular formula is C29H26ClF5N6O4S. The summed E-state index contributed by atoms with van der Waals surface area (Å²) in [7, 11) is 1.33. The lowest BCUT2D eigenvalue weighted by Crippen LogP contribution is -2.56. The monoisotopic (exact) mass is 684 g/mol. The molecule has 1 aliphatic rings. The van der Waals surface area contributed by atoms with Crippen molar-refractivity contribution in [3.05, 3.63) is 75.5 Å². The number of aliphatic hydroxyl groups excluding tert-OH is 2. The molecule has 1 fully saturated rings. The summed E-state index contributed by atoms with van der Waals surface area (Å²) in [5.41, 5.74) is -1.16. The quantitative estimate of drug-likeness (QED) is 0.172. The number of methoxy groups -OCH3 is 1. The highest BCUT2D eigenvalue weighted by molar-refractivity contribution is 7.18. The highest BCUT2D eigenvalue weighted by Crippen LogP contribution is 2.43. The highest BCUT2D eigenvalue weighted by atomic mass is 35.5. The van der Waals surface area contributed by atoms with Gasteiger partial charge in [0.05, 0.1) is 43.8 Å². The molecule has 46 heavy (non-hydrogen) atoms. The van der Waals surface area contributed by atoms with Crippen LogP contribution >= 0.6 is 22.9 Å². The normalized spacial score (nSPS) is 22.9. The second kappa shape index (κ2) is 11.9. The Morgan fingerprint density at radius 3 is 2.54 bits per heavy atom. The summed E-state index contributed by atoms with van der Waals surface area (Å²) in [4.78, 5) is 8.47. The molecule has 10 nitrogen and oxygen atoms in total. The Balaban J connectivity index is 1.46. The maximum Gasteiger partial charge on any atom is 0.418 e. The number of halogens is 6. The second-order valence-corrected chi connectivity index (χ2v) is 12.5. The molecule has 2 N–H and O–H groups in total. The van der Waals surface area contributed by atoms with E-state index in [1.165, 1.54) is 56.2 Å². The molecule has 6 rings (SSSR count). The number of hydrogen-bond donors (Lipinski definition) is 2. The molecule has 244 valence electrons. The number of aliphatic hydroxyl groups is 2. The standard InChI is InChI=1S/C29H26ClF5N6O4S/c1-11(42)25-26(44-4)23(40-10-14(9-36-40)16-5-6-18(30)21(32)20(16)31)24(43)27(45-25)28-37-12(2)39-41(28)15-7-17(29(33,34)35)22-19(8-15)46-13(3)38-22/h5-11,23-27,42-43H,1-4H3/t11?,23?,24-,25?,26+,27+/m0/s1. The minimum absolute atomic E-state index is 0.00416. The van der Waals surface area contributed by atoms with Gasteiger partial charge in [0.2, 0.25) is 0 Å². The fourth-order valence-corrected chi connectivity index (χ4v) is 6.77. The molecule has 0 amide bonds. The van der Waals surface area contributed by atoms with E-state index < -0.39 is 65.0 Å². The zero-order chi connectivity index (χ0) is 33.2. The zero-order valence-electron chi connectivity index (χ0n) is 24.5. The summed E-state index contributed by atoms with van der Waals surface area (Å²) in [6, 6.07) is 3.75. The summed E-state index contributed by atoms with van der Waals surface area (Å²) >= 11 is 6.78. The Morgan fingerprint density at radius 2 is 1.87 bits per heavy atom. The molecule has 0 bridgehead atoms. The maximum absolute atomic E-state index is 14.8. The molecule has 6 atom stereocenters. The van der Waals surface area contributed by atoms with Crippen LogP contribution in [0.4, 0.5) is 22.0 Å². The first kappa shape index (κ1) is 32.4. The van der Waals surface area contributed by atoms with Gasteiger partial charge in [0.25, 0.3) is 0 Å². The molecule has 4 heterocycles. The number of rotatable bonds is 6. The summed E-state index contributed by atoms with van der Waals surface area (Å²) < 4.78 is 85.9. The van der Waals surface area contributed by atoms with Crippen molar-refractivity contribution in [2.45, 2.75) is 63.5 Å². The summed E-state index contributed by atoms with van der Waals surface area (Å²) in [6.45, 7) is 4.56. The minimum atomic E-state index is -4.73. The summed E-state index contributed by atoms with van der Waals surface area (Å²) in [5, 5.41) is 31.2. The lowest BCUT2D eigenvalue weighted by Gasteiger charge is -2.44. The van der Waals surface area contributed by atoms with E-state index in [0.29, 0.717) is 5.01 Å². The number of alkyl halides is 3. The van der Waals surface area contributed by atoms with E-state index in [0.717, 1.165) is 22.1 Å². The molecule has 2 aromatic carbocycles. The largest absolute Gasteiger partial charge is 0.418 e. The van der Waals surface area contributed by atoms with Gasteiger partial charge in [-0.05, 0) is 45.0 Å². The minimum Gasteiger partial charge on any atom is -0.391 e. The van der Waals surface area contributed by atoms with Crippen LogP contribution in [0.5, 0.6) is 0 Å². The Kier molecular flexibility index (Phi) is 8.40. The van der Waals surface area contributed by atoms with Gasteiger partial charge in [-0.1, -0.05) is 11.6 Å². The van der Waals surface area contributed by atoms with Gasteiger partial charge in [0.1, 0.15) is 36.3 Å². The Bertz CT molecular complexity index is 1930. The highest BCUT2D eigenvalue weighted by Gasteiger charge is 2.51. The molecule has 17 heteroatoms. The molecule has 0 saturated carbocycles. The summed E-state index contributed by atoms with van der Waals surface area (Å²) in [5.74, 6) is -2.32. The lowest BCUT2D eigenvalue weighted by molar-refractivity contribution is -0.230. The van der Waals surface area contributed by atoms with Gasteiger partial charge in [-0.25, -0.2) is 23.4 Å². The number of nitrogens with zero attached hydrogens (tertiary/aromatic N) is 6. The van der Waals surface area contributed by atoms with Crippen molar-refractivity contribution in [3.8, 4) is 16.8 Å². The van der Waals surface area contributed by atoms with Crippen LogP contribution in [-0.2, 0) is 15.7 Å². The van der Waals surface area contributed by atoms with E-state index in [-0.39, 0.29) is 38.7 Å². The molecule has 1 aliphatic heterocycles. The van der Waals surface area contributed by atoms with E-state index in [1.807, 2.05) is 0 Å². The van der Waals surface area contributed by atoms with Gasteiger partial charge in [-0.3, -0.25) is 4.68 Å². The second-order valence-electron chi connectivity index (χ2n) is 10.9. The topological polar surface area (TPSA) is 120 Å². The van der Waals surface area contributed by atoms with Crippen molar-refractivity contribution in [3.63, 3.8) is 0 Å². The predicted octanol–water partition coefficient (Wildman–Crippen LogP) is 5.75. The van der Waals surface area contributed by atoms with Gasteiger partial charge in [-0.15, -0.1) is 11.3 Å². The molecule has 0 spiro atoms. The number of aryl methyl sites for hydroxylation is 2. The number of ether oxygens (including phenoxy) is 2. The van der Waals surface area contributed by atoms with Crippen molar-refractivity contribution in [2.75, 3.05) is 7.11 Å². The average Bonchev–Trinajstić information content (AvgIpc) is 3.72. The van der Waals surface area contributed by atoms with E-state index in [4.69, 9.17) is 21.1 Å². The van der Waals surface area contributed by atoms with E-state index >= 15 is 0 Å². The maximum atomic E-state index is 14.8. The Morgan fingerprint density at radius 1 is 1.13 bits per heavy atom. The molecule has 3 aromatic heterocycles. The fraction of sp³-hybridized carbons (Fsp3) is 0.379. The molecule has 3 unspecified atom stereocenters. The van der Waals surface area contributed by atoms with Crippen LogP contribution in [0.15, 0.2) is 36.7 Å². The van der Waals surface area contributed by atoms with Crippen LogP contribution in [0, 0.1) is 25.5 Å². The third-order valence-corrected chi connectivity index (χ3v) is 8.96. The van der Waals surface area contributed by atoms with Crippen LogP contribution in [0.25, 0.3) is 27.0 Å². The first-order chi connectivity index (χ1) is 21.7. The number of aromatic nitrogens is 6. The SMILES string of the molecule is CO[C@H]1C(C(C)O)O[C@@H](c2nc(C)nn2-c2cc(C(F)(F)F)c3nc(C)sc3c2)[C@@H](O)C1n1cc(-c2ccc(Cl)c(F)c2F)cn1. The van der Waals surface area contributed by atoms with E-state index in [2.05, 4.69) is 20.2 Å². The van der Waals surface area contributed by atoms with Gasteiger partial charge in [0, 0.05) is 24.4 Å². The summed E-state index contributed by atoms with van der Waals surface area (Å²) in [6.07, 6.45) is -8.35. The van der Waals surface area contributed by atoms with Crippen LogP contribution in [0.2, 0.25) is 5.02 Å². The fourth-order valence-electron chi connectivity index (χ4n) is 5.74. The van der Waals surface area contributed by atoms with Crippen molar-refractivity contribution in [1.82, 2.24) is 29.5 Å². The molecule has 0 radical (unpaired) electrons. The van der Waals surface area contributed by atoms with Crippen molar-refractivity contribution in [1.29, 1.82) is 0 Å². The van der Waals surface area contributed by atoms with Gasteiger partial charge >= 0.3 is 6.18 Å². The third kappa shape index (κ3) is 5.56. The van der Waals surface area contributed by atoms with Crippen molar-refractivity contribution < 1.29 is 41.6 Å². The third-order valence-electron chi connectivity index (χ3n) is 7.75. The van der Waals surface area contributed by atoms with E-state index in [9.17, 15) is 32.2 Å². The number of fused-ring (bicyclic) bond motifs is 1. The molecule has 5 aromatic rings. The van der Waals surface area contributed by atoms with Crippen LogP contribution in [0.1, 0.15) is 41.3 Å². The lowest BCUT2D eigenvalue weighted by atomic mass is 9.89. The Labute approximate surface area is 267 Å². The molecule has 1 saturated heterocycles. The molecular weight excluding hydrogens is 659 g/mol. The molecule has 0 aliphatic carbocycles. The van der Waals surface area contributed by atoms with Gasteiger partial charge in [-0.2, -0.15) is 23.4 Å². The first-order valence-corrected chi connectivity index (χ1v) is 15.0. The van der Waals surface area contributed by atoms with Crippen molar-refractivity contribution in [2.24, 2.45) is 0 Å².